The van der Waals surface area contributed by atoms with Gasteiger partial charge in [-0.2, -0.15) is 0 Å². The molecule has 0 aliphatic carbocycles. The standard InChI is InChI=1S/C19H20ClNO4/c1-4-13-5-7-14(8-6-13)19(23)25-12(2)18(22)21-16-11-15(20)9-10-17(16)24-3/h5-12H,4H2,1-3H3,(H,21,22)/t12-/m1/s1. The first-order valence-electron chi connectivity index (χ1n) is 7.89. The molecule has 2 aromatic carbocycles. The van der Waals surface area contributed by atoms with E-state index in [0.29, 0.717) is 22.0 Å². The predicted molar refractivity (Wildman–Crippen MR) is 97.3 cm³/mol. The summed E-state index contributed by atoms with van der Waals surface area (Å²) in [6.45, 7) is 3.54. The highest BCUT2D eigenvalue weighted by molar-refractivity contribution is 6.31. The van der Waals surface area contributed by atoms with Crippen LogP contribution < -0.4 is 10.1 Å². The molecule has 1 N–H and O–H groups in total. The highest BCUT2D eigenvalue weighted by Crippen LogP contribution is 2.27. The Bertz CT molecular complexity index is 759. The largest absolute Gasteiger partial charge is 0.495 e. The lowest BCUT2D eigenvalue weighted by Gasteiger charge is -2.15. The molecule has 0 bridgehead atoms. The average molecular weight is 362 g/mol. The number of amides is 1. The summed E-state index contributed by atoms with van der Waals surface area (Å²) in [6, 6.07) is 12.0. The van der Waals surface area contributed by atoms with Crippen LogP contribution in [0.1, 0.15) is 29.8 Å². The number of halogens is 1. The number of esters is 1. The second-order valence-electron chi connectivity index (χ2n) is 5.43. The zero-order chi connectivity index (χ0) is 18.4. The minimum Gasteiger partial charge on any atom is -0.495 e. The summed E-state index contributed by atoms with van der Waals surface area (Å²) in [5.74, 6) is -0.561. The molecule has 0 unspecified atom stereocenters. The molecule has 2 aromatic rings. The van der Waals surface area contributed by atoms with Crippen LogP contribution in [0.3, 0.4) is 0 Å². The number of rotatable bonds is 6. The van der Waals surface area contributed by atoms with Crippen LogP contribution in [0.5, 0.6) is 5.75 Å². The Morgan fingerprint density at radius 2 is 1.84 bits per heavy atom. The fourth-order valence-corrected chi connectivity index (χ4v) is 2.34. The Morgan fingerprint density at radius 1 is 1.16 bits per heavy atom. The van der Waals surface area contributed by atoms with Crippen LogP contribution in [-0.4, -0.2) is 25.1 Å². The maximum absolute atomic E-state index is 12.3. The maximum Gasteiger partial charge on any atom is 0.338 e. The van der Waals surface area contributed by atoms with E-state index < -0.39 is 18.0 Å². The molecule has 0 radical (unpaired) electrons. The number of carbonyl (C=O) groups excluding carboxylic acids is 2. The quantitative estimate of drug-likeness (QED) is 0.787. The van der Waals surface area contributed by atoms with Crippen LogP contribution >= 0.6 is 11.6 Å². The number of aryl methyl sites for hydroxylation is 1. The van der Waals surface area contributed by atoms with Crippen LogP contribution in [0.15, 0.2) is 42.5 Å². The number of anilines is 1. The van der Waals surface area contributed by atoms with Gasteiger partial charge in [-0.25, -0.2) is 4.79 Å². The van der Waals surface area contributed by atoms with Crippen molar-refractivity contribution in [3.63, 3.8) is 0 Å². The molecule has 1 atom stereocenters. The number of hydrogen-bond donors (Lipinski definition) is 1. The second kappa shape index (κ2) is 8.53. The minimum absolute atomic E-state index is 0.400. The molecule has 2 rings (SSSR count). The van der Waals surface area contributed by atoms with Gasteiger partial charge in [0.25, 0.3) is 5.91 Å². The van der Waals surface area contributed by atoms with Crippen LogP contribution in [-0.2, 0) is 16.0 Å². The smallest absolute Gasteiger partial charge is 0.338 e. The topological polar surface area (TPSA) is 64.6 Å². The van der Waals surface area contributed by atoms with Gasteiger partial charge in [0.05, 0.1) is 18.4 Å². The molecule has 6 heteroatoms. The van der Waals surface area contributed by atoms with E-state index in [2.05, 4.69) is 5.32 Å². The maximum atomic E-state index is 12.3. The highest BCUT2D eigenvalue weighted by Gasteiger charge is 2.20. The zero-order valence-corrected chi connectivity index (χ0v) is 15.1. The summed E-state index contributed by atoms with van der Waals surface area (Å²) in [7, 11) is 1.49. The number of benzene rings is 2. The lowest BCUT2D eigenvalue weighted by molar-refractivity contribution is -0.123. The first kappa shape index (κ1) is 18.8. The van der Waals surface area contributed by atoms with Gasteiger partial charge in [-0.15, -0.1) is 0 Å². The van der Waals surface area contributed by atoms with Crippen molar-refractivity contribution in [2.75, 3.05) is 12.4 Å². The van der Waals surface area contributed by atoms with Crippen molar-refractivity contribution in [3.05, 3.63) is 58.6 Å². The first-order chi connectivity index (χ1) is 11.9. The molecule has 0 aliphatic rings. The zero-order valence-electron chi connectivity index (χ0n) is 14.3. The molecule has 5 nitrogen and oxygen atoms in total. The van der Waals surface area contributed by atoms with Crippen LogP contribution in [0.4, 0.5) is 5.69 Å². The molecule has 132 valence electrons. The van der Waals surface area contributed by atoms with E-state index >= 15 is 0 Å². The number of ether oxygens (including phenoxy) is 2. The summed E-state index contributed by atoms with van der Waals surface area (Å²) in [5.41, 5.74) is 1.93. The van der Waals surface area contributed by atoms with E-state index in [-0.39, 0.29) is 0 Å². The lowest BCUT2D eigenvalue weighted by Crippen LogP contribution is -2.30. The molecule has 0 saturated heterocycles. The molecule has 0 aromatic heterocycles. The third-order valence-corrected chi connectivity index (χ3v) is 3.91. The van der Waals surface area contributed by atoms with Gasteiger partial charge in [0.2, 0.25) is 0 Å². The molecular weight excluding hydrogens is 342 g/mol. The number of methoxy groups -OCH3 is 1. The van der Waals surface area contributed by atoms with E-state index in [0.717, 1.165) is 12.0 Å². The highest BCUT2D eigenvalue weighted by atomic mass is 35.5. The van der Waals surface area contributed by atoms with Crippen molar-refractivity contribution in [2.24, 2.45) is 0 Å². The molecule has 0 aliphatic heterocycles. The van der Waals surface area contributed by atoms with Gasteiger partial charge < -0.3 is 14.8 Å². The monoisotopic (exact) mass is 361 g/mol. The van der Waals surface area contributed by atoms with Crippen molar-refractivity contribution in [1.29, 1.82) is 0 Å². The summed E-state index contributed by atoms with van der Waals surface area (Å²) in [4.78, 5) is 24.4. The lowest BCUT2D eigenvalue weighted by atomic mass is 10.1. The average Bonchev–Trinajstić information content (AvgIpc) is 2.61. The number of carbonyl (C=O) groups is 2. The van der Waals surface area contributed by atoms with Crippen molar-refractivity contribution in [3.8, 4) is 5.75 Å². The second-order valence-corrected chi connectivity index (χ2v) is 5.87. The molecule has 0 spiro atoms. The molecule has 0 fully saturated rings. The summed E-state index contributed by atoms with van der Waals surface area (Å²) < 4.78 is 10.4. The fourth-order valence-electron chi connectivity index (χ4n) is 2.17. The van der Waals surface area contributed by atoms with Gasteiger partial charge in [-0.05, 0) is 49.2 Å². The Kier molecular flexibility index (Phi) is 6.42. The Morgan fingerprint density at radius 3 is 2.44 bits per heavy atom. The predicted octanol–water partition coefficient (Wildman–Crippen LogP) is 4.10. The Balaban J connectivity index is 2.02. The summed E-state index contributed by atoms with van der Waals surface area (Å²) in [6.07, 6.45) is -0.0858. The van der Waals surface area contributed by atoms with Gasteiger partial charge in [-0.3, -0.25) is 4.79 Å². The van der Waals surface area contributed by atoms with Gasteiger partial charge in [-0.1, -0.05) is 30.7 Å². The van der Waals surface area contributed by atoms with Crippen molar-refractivity contribution < 1.29 is 19.1 Å². The third-order valence-electron chi connectivity index (χ3n) is 3.67. The SMILES string of the molecule is CCc1ccc(C(=O)O[C@H](C)C(=O)Nc2cc(Cl)ccc2OC)cc1. The normalized spacial score (nSPS) is 11.5. The summed E-state index contributed by atoms with van der Waals surface area (Å²) >= 11 is 5.93. The summed E-state index contributed by atoms with van der Waals surface area (Å²) in [5, 5.41) is 3.11. The third kappa shape index (κ3) is 4.97. The van der Waals surface area contributed by atoms with Gasteiger partial charge in [0.15, 0.2) is 6.10 Å². The van der Waals surface area contributed by atoms with Crippen LogP contribution in [0.2, 0.25) is 5.02 Å². The number of nitrogens with one attached hydrogen (secondary N) is 1. The van der Waals surface area contributed by atoms with E-state index in [1.54, 1.807) is 30.3 Å². The Hall–Kier alpha value is -2.53. The van der Waals surface area contributed by atoms with Gasteiger partial charge in [0.1, 0.15) is 5.75 Å². The van der Waals surface area contributed by atoms with Crippen LogP contribution in [0, 0.1) is 0 Å². The van der Waals surface area contributed by atoms with Crippen molar-refractivity contribution in [1.82, 2.24) is 0 Å². The molecule has 0 saturated carbocycles. The van der Waals surface area contributed by atoms with E-state index in [1.807, 2.05) is 19.1 Å². The van der Waals surface area contributed by atoms with Gasteiger partial charge >= 0.3 is 5.97 Å². The molecular formula is C19H20ClNO4. The van der Waals surface area contributed by atoms with E-state index in [4.69, 9.17) is 21.1 Å². The van der Waals surface area contributed by atoms with Crippen molar-refractivity contribution in [2.45, 2.75) is 26.4 Å². The Labute approximate surface area is 151 Å². The number of hydrogen-bond acceptors (Lipinski definition) is 4. The minimum atomic E-state index is -0.970. The van der Waals surface area contributed by atoms with Crippen LogP contribution in [0.25, 0.3) is 0 Å². The fraction of sp³-hybridized carbons (Fsp3) is 0.263. The molecule has 25 heavy (non-hydrogen) atoms. The van der Waals surface area contributed by atoms with E-state index in [1.165, 1.54) is 14.0 Å². The van der Waals surface area contributed by atoms with Gasteiger partial charge in [0, 0.05) is 5.02 Å². The van der Waals surface area contributed by atoms with E-state index in [9.17, 15) is 9.59 Å². The van der Waals surface area contributed by atoms with Crippen molar-refractivity contribution >= 4 is 29.2 Å². The molecule has 1 amide bonds. The molecule has 0 heterocycles. The first-order valence-corrected chi connectivity index (χ1v) is 8.26.